The summed E-state index contributed by atoms with van der Waals surface area (Å²) in [6.45, 7) is 1.29. The van der Waals surface area contributed by atoms with Crippen LogP contribution in [0.5, 0.6) is 0 Å². The minimum Gasteiger partial charge on any atom is -0.385 e. The van der Waals surface area contributed by atoms with Crippen LogP contribution < -0.4 is 0 Å². The van der Waals surface area contributed by atoms with Crippen molar-refractivity contribution in [2.45, 2.75) is 18.4 Å². The maximum atomic E-state index is 10.2. The Hall–Kier alpha value is -0.860. The van der Waals surface area contributed by atoms with Gasteiger partial charge in [-0.3, -0.25) is 0 Å². The van der Waals surface area contributed by atoms with E-state index in [0.717, 1.165) is 5.56 Å². The molecule has 0 bridgehead atoms. The van der Waals surface area contributed by atoms with Crippen LogP contribution in [0.3, 0.4) is 0 Å². The fraction of sp³-hybridized carbons (Fsp3) is 0.455. The van der Waals surface area contributed by atoms with E-state index in [2.05, 4.69) is 6.07 Å². The molecule has 2 heteroatoms. The quantitative estimate of drug-likeness (QED) is 0.704. The Kier molecular flexibility index (Phi) is 2.34. The molecule has 1 aliphatic heterocycles. The summed E-state index contributed by atoms with van der Waals surface area (Å²) in [7, 11) is 0. The van der Waals surface area contributed by atoms with E-state index < -0.39 is 5.60 Å². The SMILES string of the molecule is OC1(c2c[c]ccc2)CCOCC1. The van der Waals surface area contributed by atoms with E-state index in [1.165, 1.54) is 0 Å². The molecular formula is C11H13O2. The fourth-order valence-electron chi connectivity index (χ4n) is 1.68. The van der Waals surface area contributed by atoms with Crippen molar-refractivity contribution in [1.29, 1.82) is 0 Å². The Balaban J connectivity index is 2.23. The summed E-state index contributed by atoms with van der Waals surface area (Å²) in [5, 5.41) is 10.2. The Labute approximate surface area is 78.2 Å². The van der Waals surface area contributed by atoms with Crippen LogP contribution in [0.4, 0.5) is 0 Å². The zero-order valence-corrected chi connectivity index (χ0v) is 7.49. The predicted molar refractivity (Wildman–Crippen MR) is 49.2 cm³/mol. The van der Waals surface area contributed by atoms with Crippen molar-refractivity contribution in [3.63, 3.8) is 0 Å². The van der Waals surface area contributed by atoms with Gasteiger partial charge in [0.05, 0.1) is 5.60 Å². The fourth-order valence-corrected chi connectivity index (χ4v) is 1.68. The molecule has 0 aromatic heterocycles. The lowest BCUT2D eigenvalue weighted by Crippen LogP contribution is -2.33. The molecule has 1 aromatic carbocycles. The highest BCUT2D eigenvalue weighted by molar-refractivity contribution is 5.21. The molecule has 0 amide bonds. The lowest BCUT2D eigenvalue weighted by Gasteiger charge is -2.32. The van der Waals surface area contributed by atoms with Gasteiger partial charge in [0.25, 0.3) is 0 Å². The molecule has 1 aromatic rings. The van der Waals surface area contributed by atoms with E-state index in [4.69, 9.17) is 4.74 Å². The van der Waals surface area contributed by atoms with Crippen molar-refractivity contribution in [3.8, 4) is 0 Å². The Bertz CT molecular complexity index is 263. The summed E-state index contributed by atoms with van der Waals surface area (Å²) >= 11 is 0. The molecule has 0 saturated carbocycles. The van der Waals surface area contributed by atoms with Gasteiger partial charge in [0, 0.05) is 26.1 Å². The molecule has 0 aliphatic carbocycles. The van der Waals surface area contributed by atoms with Crippen molar-refractivity contribution in [2.24, 2.45) is 0 Å². The van der Waals surface area contributed by atoms with Crippen molar-refractivity contribution in [2.75, 3.05) is 13.2 Å². The summed E-state index contributed by atoms with van der Waals surface area (Å²) in [4.78, 5) is 0. The maximum absolute atomic E-state index is 10.2. The first kappa shape index (κ1) is 8.73. The Morgan fingerprint density at radius 2 is 2.15 bits per heavy atom. The molecule has 2 nitrogen and oxygen atoms in total. The van der Waals surface area contributed by atoms with Crippen LogP contribution in [-0.2, 0) is 10.3 Å². The standard InChI is InChI=1S/C11H13O2/c12-11(6-8-13-9-7-11)10-4-2-1-3-5-10/h1-2,4-5,12H,6-9H2. The van der Waals surface area contributed by atoms with E-state index in [1.54, 1.807) is 0 Å². The van der Waals surface area contributed by atoms with Gasteiger partial charge in [-0.1, -0.05) is 18.2 Å². The molecule has 69 valence electrons. The highest BCUT2D eigenvalue weighted by Gasteiger charge is 2.31. The highest BCUT2D eigenvalue weighted by atomic mass is 16.5. The predicted octanol–water partition coefficient (Wildman–Crippen LogP) is 1.48. The van der Waals surface area contributed by atoms with Gasteiger partial charge in [-0.2, -0.15) is 0 Å². The second-order valence-corrected chi connectivity index (χ2v) is 3.44. The van der Waals surface area contributed by atoms with Crippen LogP contribution in [0, 0.1) is 6.07 Å². The number of rotatable bonds is 1. The normalized spacial score (nSPS) is 21.3. The third-order valence-electron chi connectivity index (χ3n) is 2.56. The Morgan fingerprint density at radius 1 is 1.38 bits per heavy atom. The topological polar surface area (TPSA) is 29.5 Å². The number of hydrogen-bond donors (Lipinski definition) is 1. The van der Waals surface area contributed by atoms with Crippen molar-refractivity contribution < 1.29 is 9.84 Å². The molecule has 0 spiro atoms. The zero-order chi connectivity index (χ0) is 9.15. The van der Waals surface area contributed by atoms with E-state index in [9.17, 15) is 5.11 Å². The summed E-state index contributed by atoms with van der Waals surface area (Å²) in [5.74, 6) is 0. The van der Waals surface area contributed by atoms with Gasteiger partial charge >= 0.3 is 0 Å². The van der Waals surface area contributed by atoms with Crippen LogP contribution in [0.15, 0.2) is 24.3 Å². The third-order valence-corrected chi connectivity index (χ3v) is 2.56. The van der Waals surface area contributed by atoms with Gasteiger partial charge in [0.15, 0.2) is 0 Å². The number of ether oxygens (including phenoxy) is 1. The average Bonchev–Trinajstić information content (AvgIpc) is 2.20. The molecule has 1 N–H and O–H groups in total. The minimum absolute atomic E-state index is 0.644. The molecule has 2 rings (SSSR count). The third kappa shape index (κ3) is 1.74. The van der Waals surface area contributed by atoms with Crippen LogP contribution in [0.25, 0.3) is 0 Å². The number of benzene rings is 1. The van der Waals surface area contributed by atoms with Crippen molar-refractivity contribution in [3.05, 3.63) is 35.9 Å². The van der Waals surface area contributed by atoms with Crippen molar-refractivity contribution in [1.82, 2.24) is 0 Å². The van der Waals surface area contributed by atoms with Gasteiger partial charge in [0.1, 0.15) is 0 Å². The van der Waals surface area contributed by atoms with Gasteiger partial charge < -0.3 is 9.84 Å². The van der Waals surface area contributed by atoms with E-state index in [-0.39, 0.29) is 0 Å². The molecule has 1 heterocycles. The second kappa shape index (κ2) is 3.48. The zero-order valence-electron chi connectivity index (χ0n) is 7.49. The van der Waals surface area contributed by atoms with Crippen molar-refractivity contribution >= 4 is 0 Å². The lowest BCUT2D eigenvalue weighted by atomic mass is 9.87. The summed E-state index contributed by atoms with van der Waals surface area (Å²) in [6, 6.07) is 10.5. The number of aliphatic hydroxyl groups is 1. The molecule has 1 radical (unpaired) electrons. The number of hydrogen-bond acceptors (Lipinski definition) is 2. The Morgan fingerprint density at radius 3 is 2.77 bits per heavy atom. The van der Waals surface area contributed by atoms with Gasteiger partial charge in [-0.05, 0) is 17.7 Å². The molecule has 13 heavy (non-hydrogen) atoms. The summed E-state index contributed by atoms with van der Waals surface area (Å²) in [5.41, 5.74) is 0.272. The largest absolute Gasteiger partial charge is 0.385 e. The first-order valence-corrected chi connectivity index (χ1v) is 4.58. The first-order valence-electron chi connectivity index (χ1n) is 4.58. The van der Waals surface area contributed by atoms with Gasteiger partial charge in [-0.25, -0.2) is 0 Å². The van der Waals surface area contributed by atoms with Crippen LogP contribution in [-0.4, -0.2) is 18.3 Å². The molecule has 1 saturated heterocycles. The van der Waals surface area contributed by atoms with Gasteiger partial charge in [-0.15, -0.1) is 0 Å². The smallest absolute Gasteiger partial charge is 0.0940 e. The van der Waals surface area contributed by atoms with Crippen LogP contribution in [0.2, 0.25) is 0 Å². The molecular weight excluding hydrogens is 164 g/mol. The average molecular weight is 177 g/mol. The molecule has 0 atom stereocenters. The molecule has 1 fully saturated rings. The minimum atomic E-state index is -0.685. The first-order chi connectivity index (χ1) is 6.31. The van der Waals surface area contributed by atoms with Crippen LogP contribution in [0.1, 0.15) is 18.4 Å². The van der Waals surface area contributed by atoms with E-state index in [1.807, 2.05) is 24.3 Å². The summed E-state index contributed by atoms with van der Waals surface area (Å²) < 4.78 is 5.22. The highest BCUT2D eigenvalue weighted by Crippen LogP contribution is 2.31. The second-order valence-electron chi connectivity index (χ2n) is 3.44. The van der Waals surface area contributed by atoms with E-state index in [0.29, 0.717) is 26.1 Å². The monoisotopic (exact) mass is 177 g/mol. The van der Waals surface area contributed by atoms with Gasteiger partial charge in [0.2, 0.25) is 0 Å². The lowest BCUT2D eigenvalue weighted by molar-refractivity contribution is -0.0679. The maximum Gasteiger partial charge on any atom is 0.0940 e. The van der Waals surface area contributed by atoms with E-state index >= 15 is 0 Å². The molecule has 1 aliphatic rings. The molecule has 0 unspecified atom stereocenters. The summed E-state index contributed by atoms with van der Waals surface area (Å²) in [6.07, 6.45) is 1.37. The van der Waals surface area contributed by atoms with Crippen LogP contribution >= 0.6 is 0 Å².